The monoisotopic (exact) mass is 496 g/mol. The first kappa shape index (κ1) is 21.6. The smallest absolute Gasteiger partial charge is 0.184 e. The number of aryl methyl sites for hydroxylation is 1. The van der Waals surface area contributed by atoms with E-state index in [1.165, 1.54) is 22.2 Å². The van der Waals surface area contributed by atoms with Gasteiger partial charge in [0.05, 0.1) is 16.1 Å². The van der Waals surface area contributed by atoms with Crippen LogP contribution in [0.5, 0.6) is 0 Å². The van der Waals surface area contributed by atoms with Gasteiger partial charge in [0.2, 0.25) is 0 Å². The standard InChI is InChI=1S/C27H20N4O2S2/c1-18-14-21(31-13-11-19-4-2-3-5-25(19)31)6-8-23(18)27-24-9-7-22(15-20(24)10-12-28-27)35(32,33)16-26-30-29-17-34-26/h2-15,17H,16H2,1H3. The molecule has 0 aliphatic rings. The van der Waals surface area contributed by atoms with E-state index >= 15 is 0 Å². The molecule has 0 saturated heterocycles. The molecule has 3 aromatic heterocycles. The van der Waals surface area contributed by atoms with Crippen LogP contribution in [0.4, 0.5) is 0 Å². The number of fused-ring (bicyclic) bond motifs is 2. The van der Waals surface area contributed by atoms with Crippen molar-refractivity contribution in [2.45, 2.75) is 17.6 Å². The first-order valence-electron chi connectivity index (χ1n) is 11.0. The zero-order valence-electron chi connectivity index (χ0n) is 18.8. The molecule has 0 atom stereocenters. The summed E-state index contributed by atoms with van der Waals surface area (Å²) in [6, 6.07) is 23.8. The number of nitrogens with zero attached hydrogens (tertiary/aromatic N) is 4. The summed E-state index contributed by atoms with van der Waals surface area (Å²) in [5.74, 6) is -0.157. The fourth-order valence-corrected chi connectivity index (χ4v) is 6.62. The number of aromatic nitrogens is 4. The van der Waals surface area contributed by atoms with Crippen LogP contribution in [-0.2, 0) is 15.6 Å². The van der Waals surface area contributed by atoms with Gasteiger partial charge < -0.3 is 4.57 Å². The second kappa shape index (κ2) is 8.41. The fourth-order valence-electron chi connectivity index (χ4n) is 4.44. The summed E-state index contributed by atoms with van der Waals surface area (Å²) >= 11 is 1.24. The molecular weight excluding hydrogens is 476 g/mol. The van der Waals surface area contributed by atoms with Crippen LogP contribution in [0.1, 0.15) is 10.6 Å². The molecule has 6 nitrogen and oxygen atoms in total. The van der Waals surface area contributed by atoms with Crippen molar-refractivity contribution in [2.24, 2.45) is 0 Å². The van der Waals surface area contributed by atoms with Crippen LogP contribution in [0.3, 0.4) is 0 Å². The summed E-state index contributed by atoms with van der Waals surface area (Å²) in [5.41, 5.74) is 6.71. The Kier molecular flexibility index (Phi) is 5.20. The molecular formula is C27H20N4O2S2. The van der Waals surface area contributed by atoms with Crippen molar-refractivity contribution in [3.05, 3.63) is 101 Å². The van der Waals surface area contributed by atoms with Gasteiger partial charge in [0.15, 0.2) is 9.84 Å². The molecule has 0 aliphatic heterocycles. The first-order valence-corrected chi connectivity index (χ1v) is 13.6. The predicted octanol–water partition coefficient (Wildman–Crippen LogP) is 5.98. The fraction of sp³-hybridized carbons (Fsp3) is 0.0741. The minimum Gasteiger partial charge on any atom is -0.317 e. The minimum absolute atomic E-state index is 0.157. The third-order valence-electron chi connectivity index (χ3n) is 6.16. The van der Waals surface area contributed by atoms with Crippen LogP contribution in [0.2, 0.25) is 0 Å². The van der Waals surface area contributed by atoms with Crippen molar-refractivity contribution in [3.63, 3.8) is 0 Å². The lowest BCUT2D eigenvalue weighted by molar-refractivity contribution is 0.595. The molecule has 0 aliphatic carbocycles. The second-order valence-corrected chi connectivity index (χ2v) is 11.3. The number of hydrogen-bond donors (Lipinski definition) is 0. The van der Waals surface area contributed by atoms with Crippen LogP contribution in [-0.4, -0.2) is 28.2 Å². The summed E-state index contributed by atoms with van der Waals surface area (Å²) in [7, 11) is -3.52. The molecule has 0 bridgehead atoms. The summed E-state index contributed by atoms with van der Waals surface area (Å²) in [5, 5.41) is 11.0. The van der Waals surface area contributed by atoms with E-state index in [1.54, 1.807) is 18.3 Å². The Labute approximate surface area is 206 Å². The Morgan fingerprint density at radius 2 is 1.83 bits per heavy atom. The van der Waals surface area contributed by atoms with E-state index in [0.717, 1.165) is 38.8 Å². The lowest BCUT2D eigenvalue weighted by atomic mass is 9.99. The van der Waals surface area contributed by atoms with E-state index in [0.29, 0.717) is 5.01 Å². The van der Waals surface area contributed by atoms with Gasteiger partial charge >= 0.3 is 0 Å². The minimum atomic E-state index is -3.52. The SMILES string of the molecule is Cc1cc(-n2ccc3ccccc32)ccc1-c1nccc2cc(S(=O)(=O)Cc3nncs3)ccc12. The van der Waals surface area contributed by atoms with Crippen molar-refractivity contribution in [1.82, 2.24) is 19.7 Å². The molecule has 0 N–H and O–H groups in total. The molecule has 0 radical (unpaired) electrons. The van der Waals surface area contributed by atoms with E-state index in [9.17, 15) is 8.42 Å². The van der Waals surface area contributed by atoms with E-state index in [2.05, 4.69) is 69.3 Å². The zero-order chi connectivity index (χ0) is 24.0. The molecule has 0 amide bonds. The highest BCUT2D eigenvalue weighted by Gasteiger charge is 2.19. The lowest BCUT2D eigenvalue weighted by Crippen LogP contribution is -2.05. The van der Waals surface area contributed by atoms with Crippen molar-refractivity contribution < 1.29 is 8.42 Å². The van der Waals surface area contributed by atoms with E-state index < -0.39 is 9.84 Å². The van der Waals surface area contributed by atoms with Gasteiger partial charge in [0, 0.05) is 29.0 Å². The largest absolute Gasteiger partial charge is 0.317 e. The van der Waals surface area contributed by atoms with E-state index in [4.69, 9.17) is 0 Å². The Balaban J connectivity index is 1.40. The third kappa shape index (κ3) is 3.90. The lowest BCUT2D eigenvalue weighted by Gasteiger charge is -2.13. The van der Waals surface area contributed by atoms with Crippen molar-refractivity contribution in [1.29, 1.82) is 0 Å². The van der Waals surface area contributed by atoms with Crippen LogP contribution in [0.25, 0.3) is 38.6 Å². The van der Waals surface area contributed by atoms with Crippen molar-refractivity contribution in [2.75, 3.05) is 0 Å². The number of para-hydroxylation sites is 1. The average Bonchev–Trinajstić information content (AvgIpc) is 3.53. The zero-order valence-corrected chi connectivity index (χ0v) is 20.4. The molecule has 0 saturated carbocycles. The number of sulfone groups is 1. The molecule has 0 spiro atoms. The molecule has 0 unspecified atom stereocenters. The quantitative estimate of drug-likeness (QED) is 0.293. The molecule has 3 aromatic carbocycles. The van der Waals surface area contributed by atoms with Gasteiger partial charge in [-0.05, 0) is 65.7 Å². The maximum atomic E-state index is 12.9. The molecule has 0 fully saturated rings. The third-order valence-corrected chi connectivity index (χ3v) is 8.66. The Morgan fingerprint density at radius 1 is 0.943 bits per heavy atom. The first-order chi connectivity index (χ1) is 17.0. The summed E-state index contributed by atoms with van der Waals surface area (Å²) in [6.45, 7) is 2.08. The van der Waals surface area contributed by atoms with Gasteiger partial charge in [-0.15, -0.1) is 21.5 Å². The molecule has 35 heavy (non-hydrogen) atoms. The average molecular weight is 497 g/mol. The summed E-state index contributed by atoms with van der Waals surface area (Å²) in [6.07, 6.45) is 3.81. The number of pyridine rings is 1. The van der Waals surface area contributed by atoms with Crippen molar-refractivity contribution in [3.8, 4) is 16.9 Å². The molecule has 3 heterocycles. The molecule has 8 heteroatoms. The van der Waals surface area contributed by atoms with Crippen LogP contribution < -0.4 is 0 Å². The maximum Gasteiger partial charge on any atom is 0.184 e. The number of benzene rings is 3. The Bertz CT molecular complexity index is 1810. The van der Waals surface area contributed by atoms with Gasteiger partial charge in [0.1, 0.15) is 16.3 Å². The Morgan fingerprint density at radius 3 is 2.66 bits per heavy atom. The van der Waals surface area contributed by atoms with Gasteiger partial charge in [-0.1, -0.05) is 30.3 Å². The highest BCUT2D eigenvalue weighted by Crippen LogP contribution is 2.32. The van der Waals surface area contributed by atoms with Gasteiger partial charge in [0.25, 0.3) is 0 Å². The highest BCUT2D eigenvalue weighted by atomic mass is 32.2. The topological polar surface area (TPSA) is 77.7 Å². The van der Waals surface area contributed by atoms with Crippen molar-refractivity contribution >= 4 is 42.8 Å². The highest BCUT2D eigenvalue weighted by molar-refractivity contribution is 7.90. The van der Waals surface area contributed by atoms with Gasteiger partial charge in [-0.3, -0.25) is 4.98 Å². The summed E-state index contributed by atoms with van der Waals surface area (Å²) in [4.78, 5) is 4.93. The Hall–Kier alpha value is -3.88. The second-order valence-electron chi connectivity index (χ2n) is 8.38. The maximum absolute atomic E-state index is 12.9. The van der Waals surface area contributed by atoms with E-state index in [-0.39, 0.29) is 10.6 Å². The van der Waals surface area contributed by atoms with Crippen LogP contribution >= 0.6 is 11.3 Å². The van der Waals surface area contributed by atoms with Crippen LogP contribution in [0.15, 0.2) is 95.6 Å². The van der Waals surface area contributed by atoms with Gasteiger partial charge in [-0.2, -0.15) is 0 Å². The molecule has 6 rings (SSSR count). The molecule has 6 aromatic rings. The predicted molar refractivity (Wildman–Crippen MR) is 140 cm³/mol. The molecule has 172 valence electrons. The van der Waals surface area contributed by atoms with Crippen LogP contribution in [0, 0.1) is 6.92 Å². The summed E-state index contributed by atoms with van der Waals surface area (Å²) < 4.78 is 28.0. The number of hydrogen-bond acceptors (Lipinski definition) is 6. The van der Waals surface area contributed by atoms with E-state index in [1.807, 2.05) is 24.3 Å². The van der Waals surface area contributed by atoms with Gasteiger partial charge in [-0.25, -0.2) is 8.42 Å². The normalized spacial score (nSPS) is 11.9. The number of rotatable bonds is 5.